The van der Waals surface area contributed by atoms with E-state index in [9.17, 15) is 4.79 Å². The van der Waals surface area contributed by atoms with Gasteiger partial charge >= 0.3 is 0 Å². The molecule has 0 spiro atoms. The zero-order valence-electron chi connectivity index (χ0n) is 15.5. The van der Waals surface area contributed by atoms with E-state index >= 15 is 0 Å². The molecule has 0 aliphatic heterocycles. The van der Waals surface area contributed by atoms with Crippen molar-refractivity contribution in [3.8, 4) is 0 Å². The fourth-order valence-corrected chi connectivity index (χ4v) is 4.96. The molecule has 0 N–H and O–H groups in total. The number of pyridine rings is 1. The molecule has 0 aliphatic rings. The fraction of sp³-hybridized carbons (Fsp3) is 0.286. The first-order valence-electron chi connectivity index (χ1n) is 8.91. The molecule has 0 saturated heterocycles. The summed E-state index contributed by atoms with van der Waals surface area (Å²) in [6.45, 7) is 6.48. The van der Waals surface area contributed by atoms with Crippen molar-refractivity contribution in [2.24, 2.45) is 0 Å². The van der Waals surface area contributed by atoms with Crippen molar-refractivity contribution in [3.63, 3.8) is 0 Å². The number of halogens is 1. The van der Waals surface area contributed by atoms with Gasteiger partial charge in [0.15, 0.2) is 0 Å². The Hall–Kier alpha value is -2.24. The summed E-state index contributed by atoms with van der Waals surface area (Å²) in [5, 5.41) is 1.00. The lowest BCUT2D eigenvalue weighted by Gasteiger charge is -2.11. The third kappa shape index (κ3) is 3.05. The van der Waals surface area contributed by atoms with Crippen LogP contribution in [0.4, 0.5) is 0 Å². The van der Waals surface area contributed by atoms with Crippen LogP contribution in [0.25, 0.3) is 20.4 Å². The molecule has 27 heavy (non-hydrogen) atoms. The van der Waals surface area contributed by atoms with E-state index in [-0.39, 0.29) is 5.56 Å². The van der Waals surface area contributed by atoms with Gasteiger partial charge in [-0.2, -0.15) is 0 Å². The zero-order valence-corrected chi connectivity index (χ0v) is 17.1. The maximum Gasteiger partial charge on any atom is 0.271 e. The Morgan fingerprint density at radius 3 is 2.56 bits per heavy atom. The maximum atomic E-state index is 12.9. The highest BCUT2D eigenvalue weighted by atomic mass is 35.5. The Balaban J connectivity index is 1.99. The maximum absolute atomic E-state index is 12.9. The number of alkyl halides is 1. The monoisotopic (exact) mass is 397 g/mol. The summed E-state index contributed by atoms with van der Waals surface area (Å²) in [4.78, 5) is 23.4. The van der Waals surface area contributed by atoms with E-state index in [2.05, 4.69) is 31.2 Å². The van der Waals surface area contributed by atoms with Crippen LogP contribution >= 0.6 is 22.9 Å². The number of aryl methyl sites for hydroxylation is 3. The topological polar surface area (TPSA) is 47.8 Å². The Bertz CT molecular complexity index is 1210. The van der Waals surface area contributed by atoms with Gasteiger partial charge in [0.2, 0.25) is 0 Å². The number of nitrogens with zero attached hydrogens (tertiary/aromatic N) is 3. The van der Waals surface area contributed by atoms with Gasteiger partial charge in [-0.05, 0) is 43.9 Å². The SMILES string of the molecule is Cc1nc2sc3c(=O)n(CCCl)c(C)nc3c2c(C)c1Cc1ccccc1. The first kappa shape index (κ1) is 18.1. The molecule has 0 amide bonds. The van der Waals surface area contributed by atoms with Crippen LogP contribution in [0.2, 0.25) is 0 Å². The van der Waals surface area contributed by atoms with Gasteiger partial charge in [-0.3, -0.25) is 9.36 Å². The molecule has 0 atom stereocenters. The highest BCUT2D eigenvalue weighted by Gasteiger charge is 2.19. The molecule has 0 aliphatic carbocycles. The van der Waals surface area contributed by atoms with Gasteiger partial charge in [0.1, 0.15) is 15.4 Å². The molecule has 3 heterocycles. The molecule has 0 unspecified atom stereocenters. The van der Waals surface area contributed by atoms with Gasteiger partial charge in [0.25, 0.3) is 5.56 Å². The molecular weight excluding hydrogens is 378 g/mol. The van der Waals surface area contributed by atoms with Crippen LogP contribution in [0.3, 0.4) is 0 Å². The average molecular weight is 398 g/mol. The summed E-state index contributed by atoms with van der Waals surface area (Å²) in [6, 6.07) is 10.4. The van der Waals surface area contributed by atoms with Crippen LogP contribution in [0.15, 0.2) is 35.1 Å². The first-order valence-corrected chi connectivity index (χ1v) is 10.3. The van der Waals surface area contributed by atoms with Crippen molar-refractivity contribution >= 4 is 43.4 Å². The van der Waals surface area contributed by atoms with E-state index in [1.807, 2.05) is 19.9 Å². The van der Waals surface area contributed by atoms with Crippen LogP contribution in [0.5, 0.6) is 0 Å². The highest BCUT2D eigenvalue weighted by Crippen LogP contribution is 2.34. The molecule has 138 valence electrons. The second kappa shape index (κ2) is 7.06. The van der Waals surface area contributed by atoms with Crippen molar-refractivity contribution in [2.75, 3.05) is 5.88 Å². The highest BCUT2D eigenvalue weighted by molar-refractivity contribution is 7.25. The second-order valence-electron chi connectivity index (χ2n) is 6.73. The molecule has 4 nitrogen and oxygen atoms in total. The van der Waals surface area contributed by atoms with Crippen molar-refractivity contribution in [2.45, 2.75) is 33.7 Å². The third-order valence-electron chi connectivity index (χ3n) is 5.03. The summed E-state index contributed by atoms with van der Waals surface area (Å²) in [5.41, 5.74) is 5.36. The van der Waals surface area contributed by atoms with Crippen LogP contribution in [-0.2, 0) is 13.0 Å². The van der Waals surface area contributed by atoms with Gasteiger partial charge in [-0.15, -0.1) is 22.9 Å². The van der Waals surface area contributed by atoms with Crippen molar-refractivity contribution in [1.82, 2.24) is 14.5 Å². The van der Waals surface area contributed by atoms with E-state index in [0.29, 0.717) is 22.9 Å². The Kier molecular flexibility index (Phi) is 4.74. The lowest BCUT2D eigenvalue weighted by Crippen LogP contribution is -2.23. The lowest BCUT2D eigenvalue weighted by molar-refractivity contribution is 0.691. The number of aromatic nitrogens is 3. The standard InChI is InChI=1S/C21H20ClN3OS/c1-12-16(11-15-7-5-4-6-8-15)13(2)23-20-17(12)18-19(27-20)21(26)25(10-9-22)14(3)24-18/h4-8H,9-11H2,1-3H3. The summed E-state index contributed by atoms with van der Waals surface area (Å²) in [5.74, 6) is 1.08. The van der Waals surface area contributed by atoms with Gasteiger partial charge in [-0.1, -0.05) is 30.3 Å². The minimum atomic E-state index is -0.0252. The van der Waals surface area contributed by atoms with Crippen LogP contribution in [-0.4, -0.2) is 20.4 Å². The molecule has 0 radical (unpaired) electrons. The molecule has 3 aromatic heterocycles. The Morgan fingerprint density at radius 2 is 1.85 bits per heavy atom. The number of hydrogen-bond acceptors (Lipinski definition) is 4. The quantitative estimate of drug-likeness (QED) is 0.466. The first-order chi connectivity index (χ1) is 13.0. The smallest absolute Gasteiger partial charge is 0.271 e. The molecule has 0 fully saturated rings. The van der Waals surface area contributed by atoms with Crippen molar-refractivity contribution in [1.29, 1.82) is 0 Å². The van der Waals surface area contributed by atoms with Crippen molar-refractivity contribution < 1.29 is 0 Å². The van der Waals surface area contributed by atoms with Crippen LogP contribution < -0.4 is 5.56 Å². The van der Waals surface area contributed by atoms with Crippen molar-refractivity contribution in [3.05, 3.63) is 68.9 Å². The Labute approximate surface area is 166 Å². The minimum absolute atomic E-state index is 0.0252. The normalized spacial score (nSPS) is 11.6. The van der Waals surface area contributed by atoms with E-state index in [1.165, 1.54) is 22.5 Å². The molecular formula is C21H20ClN3OS. The predicted octanol–water partition coefficient (Wildman–Crippen LogP) is 4.76. The number of rotatable bonds is 4. The summed E-state index contributed by atoms with van der Waals surface area (Å²) < 4.78 is 2.31. The van der Waals surface area contributed by atoms with E-state index in [4.69, 9.17) is 21.6 Å². The summed E-state index contributed by atoms with van der Waals surface area (Å²) in [6.07, 6.45) is 0.821. The molecule has 1 aromatic carbocycles. The van der Waals surface area contributed by atoms with Gasteiger partial charge in [0.05, 0.1) is 5.52 Å². The number of hydrogen-bond donors (Lipinski definition) is 0. The number of fused-ring (bicyclic) bond motifs is 3. The zero-order chi connectivity index (χ0) is 19.1. The molecule has 6 heteroatoms. The largest absolute Gasteiger partial charge is 0.294 e. The van der Waals surface area contributed by atoms with E-state index < -0.39 is 0 Å². The molecule has 4 aromatic rings. The van der Waals surface area contributed by atoms with E-state index in [0.717, 1.165) is 33.4 Å². The molecule has 4 rings (SSSR count). The van der Waals surface area contributed by atoms with Gasteiger partial charge in [0, 0.05) is 23.5 Å². The average Bonchev–Trinajstić information content (AvgIpc) is 3.01. The van der Waals surface area contributed by atoms with E-state index in [1.54, 1.807) is 4.57 Å². The van der Waals surface area contributed by atoms with Crippen LogP contribution in [0, 0.1) is 20.8 Å². The summed E-state index contributed by atoms with van der Waals surface area (Å²) >= 11 is 7.29. The fourth-order valence-electron chi connectivity index (χ4n) is 3.62. The van der Waals surface area contributed by atoms with Gasteiger partial charge < -0.3 is 0 Å². The third-order valence-corrected chi connectivity index (χ3v) is 6.26. The lowest BCUT2D eigenvalue weighted by atomic mass is 9.97. The molecule has 0 saturated carbocycles. The number of benzene rings is 1. The summed E-state index contributed by atoms with van der Waals surface area (Å²) in [7, 11) is 0. The van der Waals surface area contributed by atoms with Gasteiger partial charge in [-0.25, -0.2) is 9.97 Å². The minimum Gasteiger partial charge on any atom is -0.294 e. The van der Waals surface area contributed by atoms with Crippen LogP contribution in [0.1, 0.15) is 28.2 Å². The molecule has 0 bridgehead atoms. The Morgan fingerprint density at radius 1 is 1.11 bits per heavy atom. The second-order valence-corrected chi connectivity index (χ2v) is 8.10. The number of thiophene rings is 1. The predicted molar refractivity (Wildman–Crippen MR) is 113 cm³/mol.